The van der Waals surface area contributed by atoms with E-state index in [1.165, 1.54) is 0 Å². The molecule has 1 unspecified atom stereocenters. The minimum absolute atomic E-state index is 0.00512. The quantitative estimate of drug-likeness (QED) is 0.0875. The van der Waals surface area contributed by atoms with E-state index in [2.05, 4.69) is 34.8 Å². The Labute approximate surface area is 320 Å². The van der Waals surface area contributed by atoms with Gasteiger partial charge in [0.05, 0.1) is 18.0 Å². The van der Waals surface area contributed by atoms with Gasteiger partial charge in [-0.1, -0.05) is 79.6 Å². The fourth-order valence-corrected chi connectivity index (χ4v) is 10.7. The van der Waals surface area contributed by atoms with Gasteiger partial charge in [0.2, 0.25) is 29.4 Å². The molecule has 0 aromatic rings. The van der Waals surface area contributed by atoms with Crippen LogP contribution in [0.15, 0.2) is 4.99 Å². The van der Waals surface area contributed by atoms with Gasteiger partial charge < -0.3 is 38.1 Å². The number of primary amides is 1. The number of ketones is 1. The number of hydrogen-bond donors (Lipinski definition) is 6. The van der Waals surface area contributed by atoms with E-state index in [4.69, 9.17) is 17.2 Å². The summed E-state index contributed by atoms with van der Waals surface area (Å²) in [5, 5.41) is 8.91. The summed E-state index contributed by atoms with van der Waals surface area (Å²) in [5.74, 6) is -3.67. The highest BCUT2D eigenvalue weighted by Gasteiger charge is 2.85. The molecule has 14 nitrogen and oxygen atoms in total. The van der Waals surface area contributed by atoms with Crippen molar-refractivity contribution in [3.8, 4) is 0 Å². The zero-order valence-corrected chi connectivity index (χ0v) is 33.6. The third kappa shape index (κ3) is 7.85. The second-order valence-corrected chi connectivity index (χ2v) is 19.4. The number of carbonyl (C=O) groups excluding carboxylic acids is 6. The second kappa shape index (κ2) is 15.1. The molecule has 4 saturated carbocycles. The first-order valence-electron chi connectivity index (χ1n) is 20.2. The molecule has 4 aliphatic carbocycles. The third-order valence-electron chi connectivity index (χ3n) is 14.2. The summed E-state index contributed by atoms with van der Waals surface area (Å²) in [6.07, 6.45) is 11.1. The fourth-order valence-electron chi connectivity index (χ4n) is 10.7. The molecule has 0 aromatic carbocycles. The van der Waals surface area contributed by atoms with Crippen molar-refractivity contribution in [1.82, 2.24) is 20.9 Å². The summed E-state index contributed by atoms with van der Waals surface area (Å²) < 4.78 is 0. The molecule has 1 heterocycles. The Balaban J connectivity index is 1.42. The van der Waals surface area contributed by atoms with Gasteiger partial charge in [0.15, 0.2) is 5.96 Å². The molecular weight excluding hydrogens is 688 g/mol. The van der Waals surface area contributed by atoms with E-state index in [-0.39, 0.29) is 52.3 Å². The number of carbonyl (C=O) groups is 6. The van der Waals surface area contributed by atoms with Gasteiger partial charge in [-0.3, -0.25) is 28.8 Å². The summed E-state index contributed by atoms with van der Waals surface area (Å²) in [4.78, 5) is 88.1. The third-order valence-corrected chi connectivity index (χ3v) is 14.2. The predicted octanol–water partition coefficient (Wildman–Crippen LogP) is 2.55. The summed E-state index contributed by atoms with van der Waals surface area (Å²) in [7, 11) is 0. The number of nitrogens with two attached hydrogens (primary N) is 3. The van der Waals surface area contributed by atoms with Crippen LogP contribution in [0.1, 0.15) is 138 Å². The maximum absolute atomic E-state index is 15.0. The summed E-state index contributed by atoms with van der Waals surface area (Å²) in [6.45, 7) is 13.9. The molecule has 1 aliphatic heterocycles. The van der Waals surface area contributed by atoms with E-state index in [0.29, 0.717) is 19.4 Å². The average molecular weight is 755 g/mol. The molecule has 1 saturated heterocycles. The van der Waals surface area contributed by atoms with Crippen LogP contribution >= 0.6 is 0 Å². The summed E-state index contributed by atoms with van der Waals surface area (Å²) in [5.41, 5.74) is 14.5. The molecule has 0 aromatic heterocycles. The molecule has 14 heteroatoms. The number of likely N-dealkylation sites (tertiary alicyclic amines) is 1. The second-order valence-electron chi connectivity index (χ2n) is 19.4. The van der Waals surface area contributed by atoms with Crippen LogP contribution in [0.3, 0.4) is 0 Å². The Morgan fingerprint density at radius 1 is 0.815 bits per heavy atom. The van der Waals surface area contributed by atoms with Gasteiger partial charge in [-0.05, 0) is 80.5 Å². The number of Topliss-reactive ketones (excluding diaryl/α,β-unsaturated/α-hetero) is 1. The minimum Gasteiger partial charge on any atom is -0.370 e. The number of nitrogens with zero attached hydrogens (tertiary/aromatic N) is 2. The van der Waals surface area contributed by atoms with E-state index in [9.17, 15) is 24.0 Å². The Morgan fingerprint density at radius 2 is 1.44 bits per heavy atom. The molecule has 2 spiro atoms. The lowest BCUT2D eigenvalue weighted by atomic mass is 9.73. The molecule has 0 bridgehead atoms. The van der Waals surface area contributed by atoms with Crippen LogP contribution in [0.5, 0.6) is 0 Å². The van der Waals surface area contributed by atoms with E-state index >= 15 is 4.79 Å². The Kier molecular flexibility index (Phi) is 11.6. The molecule has 5 aliphatic rings. The Bertz CT molecular complexity index is 1530. The first-order valence-corrected chi connectivity index (χ1v) is 20.2. The van der Waals surface area contributed by atoms with Crippen LogP contribution in [0.25, 0.3) is 0 Å². The van der Waals surface area contributed by atoms with Gasteiger partial charge in [-0.25, -0.2) is 4.99 Å². The van der Waals surface area contributed by atoms with Crippen LogP contribution in [0.2, 0.25) is 0 Å². The fraction of sp³-hybridized carbons (Fsp3) is 0.825. The molecular formula is C40H66N8O6. The largest absolute Gasteiger partial charge is 0.370 e. The van der Waals surface area contributed by atoms with Gasteiger partial charge in [-0.15, -0.1) is 0 Å². The van der Waals surface area contributed by atoms with E-state index in [1.807, 2.05) is 20.8 Å². The highest BCUT2D eigenvalue weighted by Crippen LogP contribution is 2.88. The number of hydrogen-bond acceptors (Lipinski definition) is 7. The van der Waals surface area contributed by atoms with Gasteiger partial charge in [-0.2, -0.15) is 0 Å². The predicted molar refractivity (Wildman–Crippen MR) is 205 cm³/mol. The van der Waals surface area contributed by atoms with Gasteiger partial charge in [0, 0.05) is 12.0 Å². The van der Waals surface area contributed by atoms with Crippen molar-refractivity contribution in [3.05, 3.63) is 0 Å². The molecule has 5 fully saturated rings. The van der Waals surface area contributed by atoms with Gasteiger partial charge in [0.1, 0.15) is 18.1 Å². The van der Waals surface area contributed by atoms with Gasteiger partial charge in [0.25, 0.3) is 5.91 Å². The Hall–Kier alpha value is -3.71. The van der Waals surface area contributed by atoms with E-state index in [0.717, 1.165) is 70.6 Å². The summed E-state index contributed by atoms with van der Waals surface area (Å²) in [6, 6.07) is -3.89. The minimum atomic E-state index is -1.10. The number of amides is 5. The highest BCUT2D eigenvalue weighted by molar-refractivity contribution is 6.37. The maximum atomic E-state index is 15.0. The van der Waals surface area contributed by atoms with Gasteiger partial charge >= 0.3 is 0 Å². The topological polar surface area (TPSA) is 232 Å². The number of guanidine groups is 1. The first-order chi connectivity index (χ1) is 25.1. The van der Waals surface area contributed by atoms with Crippen molar-refractivity contribution in [1.29, 1.82) is 0 Å². The van der Waals surface area contributed by atoms with Crippen molar-refractivity contribution in [2.75, 3.05) is 6.54 Å². The van der Waals surface area contributed by atoms with Crippen molar-refractivity contribution < 1.29 is 28.8 Å². The van der Waals surface area contributed by atoms with Crippen molar-refractivity contribution in [2.24, 2.45) is 55.7 Å². The van der Waals surface area contributed by atoms with Crippen molar-refractivity contribution in [2.45, 2.75) is 168 Å². The van der Waals surface area contributed by atoms with Crippen LogP contribution in [0.4, 0.5) is 0 Å². The molecule has 54 heavy (non-hydrogen) atoms. The number of aliphatic imine (C=N–C) groups is 1. The highest BCUT2D eigenvalue weighted by atomic mass is 16.2. The number of nitrogens with one attached hydrogen (secondary N) is 3. The van der Waals surface area contributed by atoms with Crippen LogP contribution in [-0.2, 0) is 28.8 Å². The van der Waals surface area contributed by atoms with Crippen LogP contribution < -0.4 is 33.2 Å². The molecule has 5 amide bonds. The lowest BCUT2D eigenvalue weighted by molar-refractivity contribution is -0.145. The molecule has 302 valence electrons. The van der Waals surface area contributed by atoms with Crippen molar-refractivity contribution >= 4 is 41.3 Å². The number of rotatable bonds is 14. The summed E-state index contributed by atoms with van der Waals surface area (Å²) >= 11 is 0. The normalized spacial score (nSPS) is 26.4. The zero-order valence-electron chi connectivity index (χ0n) is 33.6. The van der Waals surface area contributed by atoms with E-state index < -0.39 is 58.6 Å². The molecule has 5 rings (SSSR count). The lowest BCUT2D eigenvalue weighted by Gasteiger charge is -2.38. The van der Waals surface area contributed by atoms with Crippen molar-refractivity contribution in [3.63, 3.8) is 0 Å². The molecule has 9 N–H and O–H groups in total. The average Bonchev–Trinajstić information content (AvgIpc) is 3.24. The first kappa shape index (κ1) is 41.5. The smallest absolute Gasteiger partial charge is 0.287 e. The number of fused-ring (bicyclic) bond motifs is 1. The van der Waals surface area contributed by atoms with Crippen LogP contribution in [-0.4, -0.2) is 82.4 Å². The standard InChI is InChI=1S/C40H66N8O6/c1-36(2,3)30(46-33(53)28(24-15-9-8-10-16-24)45-27(49)21-37(4,5)47-35(42)43)34(54)48-22-40(38(6,7)39(40)17-12-18-39)20-26(48)32(52)44-25(29(50)31(41)51)19-23-13-11-14-23/h23-26,28,30H,8-22H2,1-7H3,(H2,41,51)(H,44,52)(H,45,49)(H,46,53)(H4,42,43,47)/t25?,26-,28-,30+,40+/m0/s1. The molecule has 5 atom stereocenters. The maximum Gasteiger partial charge on any atom is 0.287 e. The zero-order chi connectivity index (χ0) is 40.0. The van der Waals surface area contributed by atoms with Crippen LogP contribution in [0, 0.1) is 33.5 Å². The monoisotopic (exact) mass is 755 g/mol. The van der Waals surface area contributed by atoms with E-state index in [1.54, 1.807) is 18.7 Å². The SMILES string of the molecule is CC(C)(CC(=O)N[C@H](C(=O)N[C@H](C(=O)N1C[C@]2(C[C@H]1C(=O)NC(CC1CCC1)C(=O)C(N)=O)C(C)(C)C21CCC1)C(C)(C)C)C1CCCCC1)N=C(N)N. The Morgan fingerprint density at radius 3 is 1.93 bits per heavy atom. The molecule has 0 radical (unpaired) electrons. The lowest BCUT2D eigenvalue weighted by Crippen LogP contribution is -2.62.